The quantitative estimate of drug-likeness (QED) is 0.155. The second-order valence-electron chi connectivity index (χ2n) is 16.5. The predicted molar refractivity (Wildman–Crippen MR) is 233 cm³/mol. The summed E-state index contributed by atoms with van der Waals surface area (Å²) in [5, 5.41) is 0. The number of rotatable bonds is 6. The van der Waals surface area contributed by atoms with Crippen LogP contribution < -0.4 is 26.7 Å². The van der Waals surface area contributed by atoms with Crippen molar-refractivity contribution in [1.29, 1.82) is 0 Å². The number of hydrogen-bond donors (Lipinski definition) is 0. The molecule has 278 valence electrons. The van der Waals surface area contributed by atoms with Gasteiger partial charge in [0.2, 0.25) is 0 Å². The van der Waals surface area contributed by atoms with E-state index in [2.05, 4.69) is 184 Å². The van der Waals surface area contributed by atoms with Gasteiger partial charge in [-0.2, -0.15) is 0 Å². The minimum atomic E-state index is -0.655. The topological polar surface area (TPSA) is 44.7 Å². The van der Waals surface area contributed by atoms with Gasteiger partial charge < -0.3 is 0 Å². The molecule has 6 nitrogen and oxygen atoms in total. The molecule has 0 unspecified atom stereocenters. The summed E-state index contributed by atoms with van der Waals surface area (Å²) in [6.07, 6.45) is 3.79. The fourth-order valence-electron chi connectivity index (χ4n) is 7.43. The van der Waals surface area contributed by atoms with Crippen molar-refractivity contribution in [2.75, 3.05) is 21.4 Å². The molecule has 0 aliphatic carbocycles. The number of pyridine rings is 2. The van der Waals surface area contributed by atoms with E-state index in [1.165, 1.54) is 40.9 Å². The first-order valence-corrected chi connectivity index (χ1v) is 21.5. The summed E-state index contributed by atoms with van der Waals surface area (Å²) in [6, 6.07) is 49.9. The van der Waals surface area contributed by atoms with E-state index >= 15 is 0 Å². The Hall–Kier alpha value is -5.61. The molecule has 5 aromatic carbocycles. The largest absolute Gasteiger partial charge is 0.0345 e. The van der Waals surface area contributed by atoms with Crippen LogP contribution in [0.15, 0.2) is 152 Å². The molecule has 0 fully saturated rings. The van der Waals surface area contributed by atoms with Gasteiger partial charge in [-0.05, 0) is 34.2 Å². The van der Waals surface area contributed by atoms with Crippen molar-refractivity contribution in [2.24, 2.45) is 0 Å². The first-order chi connectivity index (χ1) is 27.0. The molecule has 0 bridgehead atoms. The van der Waals surface area contributed by atoms with Crippen LogP contribution >= 0.6 is 0 Å². The Bertz CT molecular complexity index is 2570. The van der Waals surface area contributed by atoms with Crippen molar-refractivity contribution < 1.29 is 4.74 Å². The van der Waals surface area contributed by atoms with E-state index in [-0.39, 0.29) is 10.8 Å². The van der Waals surface area contributed by atoms with Gasteiger partial charge in [0.15, 0.2) is 0 Å². The molecule has 2 aliphatic heterocycles. The standard InChI is InChI=1S/C49H45N5OTe/c1-48(2,3)35-23-25-50-46(29-35)54-43-31-40(21-22-44(43)56-45-20-13-24-51-47(45)54)55-39-17-12-16-37(30-39)52-32-53(42-19-11-10-18-41(42)52)38-27-34(33-14-8-7-9-15-33)26-36(28-38)49(4,5)6/h7-31H,32H2,1-6H3. The third-order valence-corrected chi connectivity index (χ3v) is 13.7. The number of fused-ring (bicyclic) bond motifs is 3. The van der Waals surface area contributed by atoms with E-state index in [0.29, 0.717) is 6.67 Å². The van der Waals surface area contributed by atoms with E-state index < -0.39 is 20.9 Å². The zero-order valence-electron chi connectivity index (χ0n) is 32.7. The molecular weight excluding hydrogens is 802 g/mol. The molecule has 9 rings (SSSR count). The van der Waals surface area contributed by atoms with Gasteiger partial charge in [0.05, 0.1) is 0 Å². The van der Waals surface area contributed by atoms with Crippen LogP contribution in [0.25, 0.3) is 11.1 Å². The molecule has 0 radical (unpaired) electrons. The summed E-state index contributed by atoms with van der Waals surface area (Å²) < 4.78 is 9.35. The van der Waals surface area contributed by atoms with Gasteiger partial charge in [0.1, 0.15) is 0 Å². The van der Waals surface area contributed by atoms with E-state index in [1.54, 1.807) is 0 Å². The van der Waals surface area contributed by atoms with Crippen LogP contribution in [0.3, 0.4) is 0 Å². The van der Waals surface area contributed by atoms with Crippen molar-refractivity contribution in [3.63, 3.8) is 0 Å². The van der Waals surface area contributed by atoms with Crippen molar-refractivity contribution in [3.05, 3.63) is 163 Å². The molecule has 2 aliphatic rings. The summed E-state index contributed by atoms with van der Waals surface area (Å²) in [4.78, 5) is 16.8. The average Bonchev–Trinajstić information content (AvgIpc) is 3.60. The predicted octanol–water partition coefficient (Wildman–Crippen LogP) is 11.2. The Morgan fingerprint density at radius 2 is 1.25 bits per heavy atom. The number of para-hydroxylation sites is 2. The van der Waals surface area contributed by atoms with Crippen LogP contribution in [0.1, 0.15) is 52.7 Å². The van der Waals surface area contributed by atoms with Crippen LogP contribution in [0.2, 0.25) is 0 Å². The molecule has 7 heteroatoms. The fourth-order valence-corrected chi connectivity index (χ4v) is 10.3. The number of benzene rings is 5. The van der Waals surface area contributed by atoms with Crippen LogP contribution in [0, 0.1) is 0 Å². The Morgan fingerprint density at radius 1 is 0.518 bits per heavy atom. The van der Waals surface area contributed by atoms with Gasteiger partial charge in [-0.25, -0.2) is 0 Å². The first kappa shape index (κ1) is 36.1. The van der Waals surface area contributed by atoms with Gasteiger partial charge >= 0.3 is 245 Å². The van der Waals surface area contributed by atoms with E-state index in [1.807, 2.05) is 24.5 Å². The fraction of sp³-hybridized carbons (Fsp3) is 0.184. The summed E-state index contributed by atoms with van der Waals surface area (Å²) in [7, 11) is 0. The smallest absolute Gasteiger partial charge is 0.0345 e. The Morgan fingerprint density at radius 3 is 2.02 bits per heavy atom. The molecule has 0 saturated heterocycles. The Labute approximate surface area is 340 Å². The van der Waals surface area contributed by atoms with Gasteiger partial charge in [-0.3, -0.25) is 0 Å². The van der Waals surface area contributed by atoms with Gasteiger partial charge in [0, 0.05) is 0 Å². The SMILES string of the molecule is CC(C)(C)c1cc(-c2ccccc2)cc(N2CN(c3cccc(Oc4ccc5c(c4)N(c4cc(C(C)(C)C)ccn4)c4ncccc4[Te]5)c3)c3ccccc32)c1. The number of aromatic nitrogens is 2. The Balaban J connectivity index is 1.05. The van der Waals surface area contributed by atoms with Crippen molar-refractivity contribution in [3.8, 4) is 22.6 Å². The molecule has 0 N–H and O–H groups in total. The number of nitrogens with zero attached hydrogens (tertiary/aromatic N) is 5. The van der Waals surface area contributed by atoms with Crippen molar-refractivity contribution in [2.45, 2.75) is 52.4 Å². The second-order valence-corrected chi connectivity index (χ2v) is 19.6. The number of hydrogen-bond acceptors (Lipinski definition) is 6. The molecule has 4 heterocycles. The molecule has 0 atom stereocenters. The van der Waals surface area contributed by atoms with Gasteiger partial charge in [-0.1, -0.05) is 63.2 Å². The maximum atomic E-state index is 6.72. The number of anilines is 7. The van der Waals surface area contributed by atoms with Crippen LogP contribution in [-0.2, 0) is 10.8 Å². The minimum absolute atomic E-state index is 0.00717. The third-order valence-electron chi connectivity index (χ3n) is 10.5. The second kappa shape index (κ2) is 14.2. The Kier molecular flexibility index (Phi) is 9.11. The van der Waals surface area contributed by atoms with Crippen LogP contribution in [0.5, 0.6) is 11.5 Å². The zero-order valence-corrected chi connectivity index (χ0v) is 35.0. The van der Waals surface area contributed by atoms with E-state index in [9.17, 15) is 0 Å². The molecule has 7 aromatic rings. The van der Waals surface area contributed by atoms with Crippen LogP contribution in [-0.4, -0.2) is 37.6 Å². The molecule has 2 aromatic heterocycles. The zero-order chi connectivity index (χ0) is 38.6. The average molecular weight is 848 g/mol. The summed E-state index contributed by atoms with van der Waals surface area (Å²) in [6.45, 7) is 14.2. The summed E-state index contributed by atoms with van der Waals surface area (Å²) in [5.41, 5.74) is 10.6. The van der Waals surface area contributed by atoms with Gasteiger partial charge in [0.25, 0.3) is 0 Å². The number of ether oxygens (including phenoxy) is 1. The molecule has 0 saturated carbocycles. The maximum absolute atomic E-state index is 6.72. The summed E-state index contributed by atoms with van der Waals surface area (Å²) >= 11 is -0.655. The normalized spacial score (nSPS) is 13.6. The van der Waals surface area contributed by atoms with Crippen LogP contribution in [0.4, 0.5) is 40.1 Å². The van der Waals surface area contributed by atoms with E-state index in [4.69, 9.17) is 14.7 Å². The first-order valence-electron chi connectivity index (χ1n) is 19.2. The van der Waals surface area contributed by atoms with E-state index in [0.717, 1.165) is 40.2 Å². The minimum Gasteiger partial charge on any atom is -0.0345 e. The summed E-state index contributed by atoms with van der Waals surface area (Å²) in [5.74, 6) is 3.39. The maximum Gasteiger partial charge on any atom is -0.0345 e. The van der Waals surface area contributed by atoms with Crippen molar-refractivity contribution in [1.82, 2.24) is 9.97 Å². The molecule has 56 heavy (non-hydrogen) atoms. The van der Waals surface area contributed by atoms with Crippen molar-refractivity contribution >= 4 is 68.2 Å². The molecule has 0 amide bonds. The molecule has 0 spiro atoms. The monoisotopic (exact) mass is 849 g/mol. The third kappa shape index (κ3) is 6.91. The molecular formula is C49H45N5OTe. The van der Waals surface area contributed by atoms with Gasteiger partial charge in [-0.15, -0.1) is 0 Å².